The van der Waals surface area contributed by atoms with Crippen molar-refractivity contribution in [1.29, 1.82) is 0 Å². The average Bonchev–Trinajstić information content (AvgIpc) is 3.03. The summed E-state index contributed by atoms with van der Waals surface area (Å²) in [6, 6.07) is 42.0. The molecule has 3 nitrogen and oxygen atoms in total. The molecule has 0 spiro atoms. The third-order valence-corrected chi connectivity index (χ3v) is 7.38. The molecule has 1 aliphatic heterocycles. The maximum absolute atomic E-state index is 6.71. The van der Waals surface area contributed by atoms with Gasteiger partial charge in [-0.3, -0.25) is 0 Å². The summed E-state index contributed by atoms with van der Waals surface area (Å²) in [6.07, 6.45) is 12.6. The van der Waals surface area contributed by atoms with E-state index in [0.717, 1.165) is 22.4 Å². The maximum atomic E-state index is 6.71. The van der Waals surface area contributed by atoms with Crippen molar-refractivity contribution in [1.82, 2.24) is 0 Å². The Morgan fingerprint density at radius 3 is 1.52 bits per heavy atom. The van der Waals surface area contributed by atoms with Crippen LogP contribution >= 0.6 is 0 Å². The largest absolute Gasteiger partial charge is 1.00 e. The van der Waals surface area contributed by atoms with Gasteiger partial charge in [-0.15, -0.1) is 0 Å². The molecule has 0 saturated carbocycles. The fraction of sp³-hybridized carbons (Fsp3) is 0.0811. The predicted molar refractivity (Wildman–Crippen MR) is 162 cm³/mol. The molecule has 0 saturated heterocycles. The van der Waals surface area contributed by atoms with E-state index in [2.05, 4.69) is 146 Å². The number of aromatic nitrogens is 2. The van der Waals surface area contributed by atoms with Gasteiger partial charge < -0.3 is 29.6 Å². The number of rotatable bonds is 3. The first-order chi connectivity index (χ1) is 19.6. The predicted octanol–water partition coefficient (Wildman–Crippen LogP) is 1.20. The van der Waals surface area contributed by atoms with Crippen LogP contribution in [0.1, 0.15) is 16.7 Å². The Morgan fingerprint density at radius 1 is 0.524 bits per heavy atom. The van der Waals surface area contributed by atoms with Crippen LogP contribution in [-0.2, 0) is 19.7 Å². The van der Waals surface area contributed by atoms with Crippen molar-refractivity contribution < 1.29 is 38.7 Å². The van der Waals surface area contributed by atoms with Crippen LogP contribution in [0.4, 0.5) is 0 Å². The number of benzene rings is 4. The van der Waals surface area contributed by atoms with E-state index in [-0.39, 0.29) is 24.8 Å². The summed E-state index contributed by atoms with van der Waals surface area (Å²) >= 11 is 0. The van der Waals surface area contributed by atoms with Crippen LogP contribution in [0, 0.1) is 0 Å². The summed E-state index contributed by atoms with van der Waals surface area (Å²) in [5.41, 5.74) is 5.29. The van der Waals surface area contributed by atoms with E-state index in [1.807, 2.05) is 35.4 Å². The zero-order valence-electron chi connectivity index (χ0n) is 23.6. The molecule has 0 N–H and O–H groups in total. The monoisotopic (exact) mass is 590 g/mol. The second-order valence-electron chi connectivity index (χ2n) is 10.1. The van der Waals surface area contributed by atoms with Crippen molar-refractivity contribution in [3.8, 4) is 16.9 Å². The van der Waals surface area contributed by atoms with Gasteiger partial charge in [-0.1, -0.05) is 91.0 Å². The van der Waals surface area contributed by atoms with Gasteiger partial charge in [0.2, 0.25) is 0 Å². The molecule has 6 aromatic rings. The second-order valence-corrected chi connectivity index (χ2v) is 10.1. The smallest absolute Gasteiger partial charge is 0.178 e. The second kappa shape index (κ2) is 13.5. The highest BCUT2D eigenvalue weighted by Crippen LogP contribution is 2.43. The molecule has 42 heavy (non-hydrogen) atoms. The zero-order valence-corrected chi connectivity index (χ0v) is 25.1. The quantitative estimate of drug-likeness (QED) is 0.283. The molecule has 4 aromatic carbocycles. The van der Waals surface area contributed by atoms with E-state index in [1.54, 1.807) is 0 Å². The van der Waals surface area contributed by atoms with Crippen molar-refractivity contribution in [3.05, 3.63) is 169 Å². The van der Waals surface area contributed by atoms with Crippen molar-refractivity contribution in [2.24, 2.45) is 14.1 Å². The molecule has 210 valence electrons. The Balaban J connectivity index is 0.000000217. The summed E-state index contributed by atoms with van der Waals surface area (Å²) in [7, 11) is 4.05. The Hall–Kier alpha value is -4.44. The first-order valence-electron chi connectivity index (χ1n) is 13.5. The molecular weight excluding hydrogens is 559 g/mol. The number of hydrogen-bond donors (Lipinski definition) is 0. The van der Waals surface area contributed by atoms with E-state index in [4.69, 9.17) is 4.74 Å². The lowest BCUT2D eigenvalue weighted by molar-refractivity contribution is -0.671. The molecule has 0 atom stereocenters. The average molecular weight is 592 g/mol. The van der Waals surface area contributed by atoms with Gasteiger partial charge in [-0.05, 0) is 40.1 Å². The van der Waals surface area contributed by atoms with E-state index in [1.165, 1.54) is 21.9 Å². The van der Waals surface area contributed by atoms with Gasteiger partial charge >= 0.3 is 0 Å². The Labute approximate surface area is 260 Å². The van der Waals surface area contributed by atoms with Gasteiger partial charge in [0.1, 0.15) is 19.8 Å². The maximum Gasteiger partial charge on any atom is 0.178 e. The summed E-state index contributed by atoms with van der Waals surface area (Å²) in [5, 5.41) is 2.45. The van der Waals surface area contributed by atoms with Crippen LogP contribution in [0.3, 0.4) is 0 Å². The molecule has 0 unspecified atom stereocenters. The van der Waals surface area contributed by atoms with Crippen molar-refractivity contribution >= 4 is 16.8 Å². The number of aryl methyl sites for hydroxylation is 2. The third kappa shape index (κ3) is 6.23. The molecule has 5 heteroatoms. The van der Waals surface area contributed by atoms with Crippen LogP contribution in [0.2, 0.25) is 0 Å². The van der Waals surface area contributed by atoms with Crippen LogP contribution in [-0.4, -0.2) is 0 Å². The first-order valence-corrected chi connectivity index (χ1v) is 13.5. The van der Waals surface area contributed by atoms with Crippen molar-refractivity contribution in [2.45, 2.75) is 5.60 Å². The molecular formula is C37H32Cl2N2O. The number of nitrogens with zero attached hydrogens (tertiary/aromatic N) is 2. The lowest BCUT2D eigenvalue weighted by Gasteiger charge is -2.36. The van der Waals surface area contributed by atoms with Crippen molar-refractivity contribution in [2.75, 3.05) is 0 Å². The van der Waals surface area contributed by atoms with Crippen LogP contribution in [0.5, 0.6) is 5.75 Å². The minimum atomic E-state index is -0.613. The third-order valence-electron chi connectivity index (χ3n) is 7.38. The number of ether oxygens (including phenoxy) is 1. The van der Waals surface area contributed by atoms with Crippen molar-refractivity contribution in [3.63, 3.8) is 0 Å². The Kier molecular flexibility index (Phi) is 9.80. The van der Waals surface area contributed by atoms with Crippen LogP contribution in [0.25, 0.3) is 28.0 Å². The number of halogens is 2. The topological polar surface area (TPSA) is 17.0 Å². The first kappa shape index (κ1) is 30.5. The highest BCUT2D eigenvalue weighted by Gasteiger charge is 2.37. The van der Waals surface area contributed by atoms with Gasteiger partial charge in [0.15, 0.2) is 30.4 Å². The minimum absolute atomic E-state index is 0. The molecule has 0 radical (unpaired) electrons. The Bertz CT molecular complexity index is 1690. The minimum Gasteiger partial charge on any atom is -1.00 e. The van der Waals surface area contributed by atoms with E-state index < -0.39 is 5.60 Å². The molecule has 3 heterocycles. The highest BCUT2D eigenvalue weighted by atomic mass is 35.5. The normalized spacial score (nSPS) is 12.4. The summed E-state index contributed by atoms with van der Waals surface area (Å²) in [6.45, 7) is 0. The fourth-order valence-electron chi connectivity index (χ4n) is 5.18. The van der Waals surface area contributed by atoms with Gasteiger partial charge in [-0.2, -0.15) is 0 Å². The standard InChI is InChI=1S/C25H18O.C12H14N2.2ClH/c1-3-10-20(11-4-1)25(21-12-5-2-6-13-21)18-17-23-22-14-8-7-9-19(22)15-16-24(23)26-25;1-13-7-3-11(4-8-13)12-5-9-14(2)10-6-12;;/h1-18H;3-10H,1-2H3;2*1H/q;+2;;/p-2. The van der Waals surface area contributed by atoms with Gasteiger partial charge in [0.05, 0.1) is 0 Å². The molecule has 0 amide bonds. The molecule has 0 aliphatic carbocycles. The number of hydrogen-bond acceptors (Lipinski definition) is 1. The van der Waals surface area contributed by atoms with Crippen LogP contribution in [0.15, 0.2) is 152 Å². The van der Waals surface area contributed by atoms with E-state index in [0.29, 0.717) is 0 Å². The fourth-order valence-corrected chi connectivity index (χ4v) is 5.18. The molecule has 1 aliphatic rings. The molecule has 2 aromatic heterocycles. The number of fused-ring (bicyclic) bond motifs is 3. The lowest BCUT2D eigenvalue weighted by atomic mass is 9.83. The van der Waals surface area contributed by atoms with E-state index in [9.17, 15) is 0 Å². The summed E-state index contributed by atoms with van der Waals surface area (Å²) in [4.78, 5) is 0. The van der Waals surface area contributed by atoms with E-state index >= 15 is 0 Å². The Morgan fingerprint density at radius 2 is 1.00 bits per heavy atom. The van der Waals surface area contributed by atoms with Crippen LogP contribution < -0.4 is 38.7 Å². The zero-order chi connectivity index (χ0) is 27.4. The van der Waals surface area contributed by atoms with Gasteiger partial charge in [0, 0.05) is 41.0 Å². The highest BCUT2D eigenvalue weighted by molar-refractivity contribution is 5.94. The van der Waals surface area contributed by atoms with Gasteiger partial charge in [0.25, 0.3) is 0 Å². The summed E-state index contributed by atoms with van der Waals surface area (Å²) in [5.74, 6) is 0.916. The summed E-state index contributed by atoms with van der Waals surface area (Å²) < 4.78 is 10.8. The van der Waals surface area contributed by atoms with Gasteiger partial charge in [-0.25, -0.2) is 9.13 Å². The SMILES string of the molecule is C1=CC(c2ccccc2)(c2ccccc2)Oc2ccc3ccccc3c21.C[n+]1ccc(-c2cc[n+](C)cc2)cc1.[Cl-].[Cl-]. The molecule has 0 fully saturated rings. The lowest BCUT2D eigenvalue weighted by Crippen LogP contribution is -3.00. The molecule has 0 bridgehead atoms. The number of pyridine rings is 2. The molecule has 7 rings (SSSR count).